The summed E-state index contributed by atoms with van der Waals surface area (Å²) < 4.78 is 33.2. The minimum absolute atomic E-state index is 0.0882. The number of hydrogen-bond acceptors (Lipinski definition) is 4. The van der Waals surface area contributed by atoms with Crippen molar-refractivity contribution < 1.29 is 17.9 Å². The number of amides is 1. The van der Waals surface area contributed by atoms with Gasteiger partial charge in [0.25, 0.3) is 10.0 Å². The van der Waals surface area contributed by atoms with Crippen molar-refractivity contribution in [2.75, 3.05) is 23.3 Å². The Morgan fingerprint density at radius 3 is 2.39 bits per heavy atom. The second kappa shape index (κ2) is 9.41. The van der Waals surface area contributed by atoms with E-state index in [1.807, 2.05) is 13.0 Å². The standard InChI is InChI=1S/C23H23ClN2O4S/c1-16-9-12-22(30-3)20(13-16)25-23(27)15-26(21-11-10-18(24)14-17(21)2)31(28,29)19-7-5-4-6-8-19/h4-14H,15H2,1-3H3,(H,25,27). The quantitative estimate of drug-likeness (QED) is 0.551. The Balaban J connectivity index is 1.99. The molecule has 0 heterocycles. The molecule has 1 amide bonds. The average Bonchev–Trinajstić information content (AvgIpc) is 2.73. The first-order valence-electron chi connectivity index (χ1n) is 9.51. The molecule has 0 aliphatic heterocycles. The Hall–Kier alpha value is -3.03. The number of methoxy groups -OCH3 is 1. The third-order valence-electron chi connectivity index (χ3n) is 4.68. The van der Waals surface area contributed by atoms with Gasteiger partial charge in [-0.15, -0.1) is 0 Å². The van der Waals surface area contributed by atoms with Gasteiger partial charge in [-0.05, 0) is 67.4 Å². The summed E-state index contributed by atoms with van der Waals surface area (Å²) in [6.45, 7) is 3.21. The number of nitrogens with zero attached hydrogens (tertiary/aromatic N) is 1. The van der Waals surface area contributed by atoms with Crippen molar-refractivity contribution in [1.29, 1.82) is 0 Å². The molecule has 6 nitrogen and oxygen atoms in total. The zero-order chi connectivity index (χ0) is 22.6. The second-order valence-corrected chi connectivity index (χ2v) is 9.31. The average molecular weight is 459 g/mol. The van der Waals surface area contributed by atoms with Crippen LogP contribution in [0.2, 0.25) is 5.02 Å². The van der Waals surface area contributed by atoms with Crippen LogP contribution in [-0.2, 0) is 14.8 Å². The number of aryl methyl sites for hydroxylation is 2. The lowest BCUT2D eigenvalue weighted by Gasteiger charge is -2.26. The van der Waals surface area contributed by atoms with Crippen molar-refractivity contribution in [3.63, 3.8) is 0 Å². The van der Waals surface area contributed by atoms with Crippen molar-refractivity contribution in [2.45, 2.75) is 18.7 Å². The Kier molecular flexibility index (Phi) is 6.87. The van der Waals surface area contributed by atoms with Crippen molar-refractivity contribution in [3.8, 4) is 5.75 Å². The number of ether oxygens (including phenoxy) is 1. The number of rotatable bonds is 7. The molecular weight excluding hydrogens is 436 g/mol. The summed E-state index contributed by atoms with van der Waals surface area (Å²) in [5.74, 6) is -0.0168. The molecule has 3 aromatic rings. The zero-order valence-corrected chi connectivity index (χ0v) is 19.0. The molecule has 3 aromatic carbocycles. The summed E-state index contributed by atoms with van der Waals surface area (Å²) in [7, 11) is -2.50. The lowest BCUT2D eigenvalue weighted by atomic mass is 10.2. The van der Waals surface area contributed by atoms with Crippen molar-refractivity contribution in [1.82, 2.24) is 0 Å². The molecule has 162 valence electrons. The molecule has 0 saturated carbocycles. The van der Waals surface area contributed by atoms with Gasteiger partial charge in [0.05, 0.1) is 23.4 Å². The van der Waals surface area contributed by atoms with Gasteiger partial charge in [0.1, 0.15) is 12.3 Å². The monoisotopic (exact) mass is 458 g/mol. The van der Waals surface area contributed by atoms with Gasteiger partial charge in [0, 0.05) is 5.02 Å². The summed E-state index contributed by atoms with van der Waals surface area (Å²) >= 11 is 6.05. The van der Waals surface area contributed by atoms with Gasteiger partial charge in [-0.25, -0.2) is 8.42 Å². The topological polar surface area (TPSA) is 75.7 Å². The van der Waals surface area contributed by atoms with E-state index in [1.165, 1.54) is 19.2 Å². The van der Waals surface area contributed by atoms with Crippen LogP contribution in [0.4, 0.5) is 11.4 Å². The van der Waals surface area contributed by atoms with Crippen LogP contribution in [-0.4, -0.2) is 28.0 Å². The highest BCUT2D eigenvalue weighted by Gasteiger charge is 2.28. The highest BCUT2D eigenvalue weighted by Crippen LogP contribution is 2.30. The van der Waals surface area contributed by atoms with Crippen LogP contribution in [0.15, 0.2) is 71.6 Å². The molecular formula is C23H23ClN2O4S. The number of carbonyl (C=O) groups excluding carboxylic acids is 1. The number of hydrogen-bond donors (Lipinski definition) is 1. The summed E-state index contributed by atoms with van der Waals surface area (Å²) in [6.07, 6.45) is 0. The molecule has 31 heavy (non-hydrogen) atoms. The Bertz CT molecular complexity index is 1200. The number of carbonyl (C=O) groups is 1. The number of benzene rings is 3. The fraction of sp³-hybridized carbons (Fsp3) is 0.174. The molecule has 3 rings (SSSR count). The summed E-state index contributed by atoms with van der Waals surface area (Å²) in [4.78, 5) is 13.0. The fourth-order valence-corrected chi connectivity index (χ4v) is 4.89. The molecule has 1 N–H and O–H groups in total. The molecule has 0 atom stereocenters. The fourth-order valence-electron chi connectivity index (χ4n) is 3.16. The Morgan fingerprint density at radius 1 is 1.03 bits per heavy atom. The van der Waals surface area contributed by atoms with Crippen LogP contribution >= 0.6 is 11.6 Å². The first-order valence-corrected chi connectivity index (χ1v) is 11.3. The predicted octanol–water partition coefficient (Wildman–Crippen LogP) is 4.80. The molecule has 0 fully saturated rings. The van der Waals surface area contributed by atoms with E-state index < -0.39 is 22.5 Å². The van der Waals surface area contributed by atoms with Gasteiger partial charge < -0.3 is 10.1 Å². The maximum Gasteiger partial charge on any atom is 0.264 e. The first kappa shape index (κ1) is 22.7. The Morgan fingerprint density at radius 2 is 1.74 bits per heavy atom. The van der Waals surface area contributed by atoms with Gasteiger partial charge >= 0.3 is 0 Å². The maximum absolute atomic E-state index is 13.4. The molecule has 0 saturated heterocycles. The number of halogens is 1. The van der Waals surface area contributed by atoms with E-state index in [2.05, 4.69) is 5.32 Å². The molecule has 0 aliphatic carbocycles. The van der Waals surface area contributed by atoms with E-state index in [0.29, 0.717) is 27.7 Å². The van der Waals surface area contributed by atoms with Gasteiger partial charge in [-0.2, -0.15) is 0 Å². The molecule has 0 aromatic heterocycles. The number of nitrogens with one attached hydrogen (secondary N) is 1. The van der Waals surface area contributed by atoms with E-state index in [-0.39, 0.29) is 4.90 Å². The smallest absolute Gasteiger partial charge is 0.264 e. The highest BCUT2D eigenvalue weighted by atomic mass is 35.5. The van der Waals surface area contributed by atoms with E-state index in [0.717, 1.165) is 9.87 Å². The van der Waals surface area contributed by atoms with Gasteiger partial charge in [0.2, 0.25) is 5.91 Å². The second-order valence-electron chi connectivity index (χ2n) is 7.01. The van der Waals surface area contributed by atoms with Gasteiger partial charge in [0.15, 0.2) is 0 Å². The normalized spacial score (nSPS) is 11.1. The SMILES string of the molecule is COc1ccc(C)cc1NC(=O)CN(c1ccc(Cl)cc1C)S(=O)(=O)c1ccccc1. The molecule has 0 unspecified atom stereocenters. The molecule has 0 aliphatic rings. The number of anilines is 2. The molecule has 0 bridgehead atoms. The number of sulfonamides is 1. The third-order valence-corrected chi connectivity index (χ3v) is 6.68. The summed E-state index contributed by atoms with van der Waals surface area (Å²) in [6, 6.07) is 18.2. The van der Waals surface area contributed by atoms with Crippen LogP contribution in [0.1, 0.15) is 11.1 Å². The van der Waals surface area contributed by atoms with E-state index in [1.54, 1.807) is 55.5 Å². The molecule has 0 radical (unpaired) electrons. The largest absolute Gasteiger partial charge is 0.495 e. The summed E-state index contributed by atoms with van der Waals surface area (Å²) in [5.41, 5.74) is 2.41. The van der Waals surface area contributed by atoms with Crippen LogP contribution in [0, 0.1) is 13.8 Å². The van der Waals surface area contributed by atoms with E-state index in [4.69, 9.17) is 16.3 Å². The lowest BCUT2D eigenvalue weighted by molar-refractivity contribution is -0.114. The van der Waals surface area contributed by atoms with Crippen molar-refractivity contribution in [2.24, 2.45) is 0 Å². The van der Waals surface area contributed by atoms with Crippen LogP contribution < -0.4 is 14.4 Å². The highest BCUT2D eigenvalue weighted by molar-refractivity contribution is 7.92. The summed E-state index contributed by atoms with van der Waals surface area (Å²) in [5, 5.41) is 3.24. The van der Waals surface area contributed by atoms with E-state index >= 15 is 0 Å². The maximum atomic E-state index is 13.4. The minimum atomic E-state index is -4.00. The Labute approximate surface area is 187 Å². The predicted molar refractivity (Wildman–Crippen MR) is 124 cm³/mol. The lowest BCUT2D eigenvalue weighted by Crippen LogP contribution is -2.38. The van der Waals surface area contributed by atoms with Crippen molar-refractivity contribution >= 4 is 38.9 Å². The molecule has 0 spiro atoms. The van der Waals surface area contributed by atoms with Gasteiger partial charge in [-0.3, -0.25) is 9.10 Å². The van der Waals surface area contributed by atoms with Crippen LogP contribution in [0.3, 0.4) is 0 Å². The van der Waals surface area contributed by atoms with Crippen molar-refractivity contribution in [3.05, 3.63) is 82.9 Å². The first-order chi connectivity index (χ1) is 14.7. The minimum Gasteiger partial charge on any atom is -0.495 e. The van der Waals surface area contributed by atoms with Gasteiger partial charge in [-0.1, -0.05) is 35.9 Å². The zero-order valence-electron chi connectivity index (χ0n) is 17.4. The molecule has 8 heteroatoms. The van der Waals surface area contributed by atoms with Crippen LogP contribution in [0.5, 0.6) is 5.75 Å². The van der Waals surface area contributed by atoms with Crippen LogP contribution in [0.25, 0.3) is 0 Å². The van der Waals surface area contributed by atoms with E-state index in [9.17, 15) is 13.2 Å². The third kappa shape index (κ3) is 5.18.